The quantitative estimate of drug-likeness (QED) is 0.122. The van der Waals surface area contributed by atoms with Gasteiger partial charge in [0.25, 0.3) is 0 Å². The summed E-state index contributed by atoms with van der Waals surface area (Å²) in [5, 5.41) is 20.5. The standard InChI is InChI=1S/C41H28N4/c42-38-21-20-31(25-39(38)45-44-33-13-7-11-29(24-33)32-12-8-22-43-26-32)41-36-16-5-3-14-34(36)40(35-15-4-6-17-37(35)41)30-19-18-27-9-1-2-10-28(27)23-30/h1-26,42,44H/b42-38?,45-39-. The Morgan fingerprint density at radius 1 is 0.556 bits per heavy atom. The van der Waals surface area contributed by atoms with Crippen LogP contribution in [0.1, 0.15) is 5.56 Å². The SMILES string of the molecule is N=C1C=CC(c2c3ccccc3c(-c3ccc4ccccc4c3)c3ccccc23)=C/C1=N/Nc1cccc(-c2cccnc2)c1. The van der Waals surface area contributed by atoms with Crippen LogP contribution in [0.15, 0.2) is 163 Å². The van der Waals surface area contributed by atoms with Gasteiger partial charge in [0, 0.05) is 18.0 Å². The largest absolute Gasteiger partial charge is 0.299 e. The first-order valence-corrected chi connectivity index (χ1v) is 15.0. The van der Waals surface area contributed by atoms with Crippen molar-refractivity contribution in [3.63, 3.8) is 0 Å². The number of rotatable bonds is 5. The monoisotopic (exact) mass is 576 g/mol. The third-order valence-electron chi connectivity index (χ3n) is 8.42. The summed E-state index contributed by atoms with van der Waals surface area (Å²) in [4.78, 5) is 4.24. The smallest absolute Gasteiger partial charge is 0.109 e. The van der Waals surface area contributed by atoms with Gasteiger partial charge in [-0.3, -0.25) is 15.8 Å². The van der Waals surface area contributed by atoms with E-state index in [0.717, 1.165) is 28.0 Å². The fourth-order valence-electron chi connectivity index (χ4n) is 6.30. The summed E-state index contributed by atoms with van der Waals surface area (Å²) in [6.07, 6.45) is 9.51. The third kappa shape index (κ3) is 4.89. The van der Waals surface area contributed by atoms with E-state index in [1.165, 1.54) is 43.4 Å². The van der Waals surface area contributed by atoms with Gasteiger partial charge in [0.05, 0.1) is 11.4 Å². The van der Waals surface area contributed by atoms with Crippen LogP contribution in [0.25, 0.3) is 60.1 Å². The number of benzene rings is 6. The molecule has 0 bridgehead atoms. The van der Waals surface area contributed by atoms with Crippen molar-refractivity contribution in [2.24, 2.45) is 5.10 Å². The minimum Gasteiger partial charge on any atom is -0.299 e. The molecule has 1 aromatic heterocycles. The van der Waals surface area contributed by atoms with E-state index in [-0.39, 0.29) is 0 Å². The maximum absolute atomic E-state index is 8.67. The maximum Gasteiger partial charge on any atom is 0.109 e. The Bertz CT molecular complexity index is 2310. The number of hydrogen-bond acceptors (Lipinski definition) is 4. The maximum atomic E-state index is 8.67. The molecule has 1 aliphatic carbocycles. The van der Waals surface area contributed by atoms with Crippen molar-refractivity contribution in [3.8, 4) is 22.3 Å². The molecule has 0 atom stereocenters. The highest BCUT2D eigenvalue weighted by Gasteiger charge is 2.19. The van der Waals surface area contributed by atoms with Crippen molar-refractivity contribution < 1.29 is 0 Å². The van der Waals surface area contributed by atoms with E-state index in [1.54, 1.807) is 6.20 Å². The van der Waals surface area contributed by atoms with Gasteiger partial charge in [0.15, 0.2) is 0 Å². The lowest BCUT2D eigenvalue weighted by Crippen LogP contribution is -2.14. The zero-order chi connectivity index (χ0) is 30.2. The number of fused-ring (bicyclic) bond motifs is 3. The number of aromatic nitrogens is 1. The fraction of sp³-hybridized carbons (Fsp3) is 0. The van der Waals surface area contributed by atoms with Crippen LogP contribution in [0, 0.1) is 5.41 Å². The van der Waals surface area contributed by atoms with Crippen molar-refractivity contribution in [1.29, 1.82) is 5.41 Å². The summed E-state index contributed by atoms with van der Waals surface area (Å²) < 4.78 is 0. The van der Waals surface area contributed by atoms with Crippen molar-refractivity contribution in [2.45, 2.75) is 0 Å². The van der Waals surface area contributed by atoms with Gasteiger partial charge in [-0.1, -0.05) is 109 Å². The molecule has 2 N–H and O–H groups in total. The lowest BCUT2D eigenvalue weighted by molar-refractivity contribution is 1.32. The number of allylic oxidation sites excluding steroid dienone is 4. The zero-order valence-electron chi connectivity index (χ0n) is 24.4. The summed E-state index contributed by atoms with van der Waals surface area (Å²) in [5.41, 5.74) is 11.6. The van der Waals surface area contributed by atoms with E-state index in [1.807, 2.05) is 54.8 Å². The first-order chi connectivity index (χ1) is 22.2. The van der Waals surface area contributed by atoms with Crippen LogP contribution in [0.3, 0.4) is 0 Å². The summed E-state index contributed by atoms with van der Waals surface area (Å²) in [6.45, 7) is 0. The molecule has 0 saturated heterocycles. The lowest BCUT2D eigenvalue weighted by atomic mass is 9.84. The Hall–Kier alpha value is -6.13. The van der Waals surface area contributed by atoms with Crippen LogP contribution in [-0.2, 0) is 0 Å². The van der Waals surface area contributed by atoms with Gasteiger partial charge < -0.3 is 0 Å². The molecule has 4 heteroatoms. The van der Waals surface area contributed by atoms with Crippen LogP contribution in [0.5, 0.6) is 0 Å². The van der Waals surface area contributed by atoms with Crippen molar-refractivity contribution in [1.82, 2.24) is 4.98 Å². The fourth-order valence-corrected chi connectivity index (χ4v) is 6.30. The first-order valence-electron chi connectivity index (χ1n) is 15.0. The zero-order valence-corrected chi connectivity index (χ0v) is 24.4. The number of hydrazone groups is 1. The van der Waals surface area contributed by atoms with Crippen molar-refractivity contribution in [2.75, 3.05) is 5.43 Å². The third-order valence-corrected chi connectivity index (χ3v) is 8.42. The van der Waals surface area contributed by atoms with Gasteiger partial charge in [-0.05, 0) is 96.6 Å². The number of anilines is 1. The second-order valence-corrected chi connectivity index (χ2v) is 11.2. The molecule has 0 unspecified atom stereocenters. The molecule has 0 amide bonds. The predicted molar refractivity (Wildman–Crippen MR) is 190 cm³/mol. The van der Waals surface area contributed by atoms with Gasteiger partial charge in [0.2, 0.25) is 0 Å². The molecule has 7 aromatic rings. The molecule has 0 spiro atoms. The molecule has 4 nitrogen and oxygen atoms in total. The van der Waals surface area contributed by atoms with Crippen molar-refractivity contribution >= 4 is 55.0 Å². The molecule has 6 aromatic carbocycles. The van der Waals surface area contributed by atoms with E-state index in [2.05, 4.69) is 107 Å². The predicted octanol–water partition coefficient (Wildman–Crippen LogP) is 10.3. The van der Waals surface area contributed by atoms with E-state index < -0.39 is 0 Å². The molecule has 1 aliphatic rings. The summed E-state index contributed by atoms with van der Waals surface area (Å²) in [5.74, 6) is 0. The molecule has 212 valence electrons. The molecular formula is C41H28N4. The Morgan fingerprint density at radius 2 is 1.24 bits per heavy atom. The van der Waals surface area contributed by atoms with Crippen LogP contribution >= 0.6 is 0 Å². The summed E-state index contributed by atoms with van der Waals surface area (Å²) >= 11 is 0. The van der Waals surface area contributed by atoms with Gasteiger partial charge in [-0.15, -0.1) is 0 Å². The molecule has 0 fully saturated rings. The second-order valence-electron chi connectivity index (χ2n) is 11.2. The Balaban J connectivity index is 1.25. The van der Waals surface area contributed by atoms with Gasteiger partial charge in [0.1, 0.15) is 5.71 Å². The summed E-state index contributed by atoms with van der Waals surface area (Å²) in [6, 6.07) is 44.6. The normalized spacial score (nSPS) is 13.9. The topological polar surface area (TPSA) is 61.1 Å². The average Bonchev–Trinajstić information content (AvgIpc) is 3.10. The summed E-state index contributed by atoms with van der Waals surface area (Å²) in [7, 11) is 0. The molecule has 8 rings (SSSR count). The Morgan fingerprint density at radius 3 is 1.98 bits per heavy atom. The molecular weight excluding hydrogens is 548 g/mol. The van der Waals surface area contributed by atoms with Crippen molar-refractivity contribution in [3.05, 3.63) is 164 Å². The minimum absolute atomic E-state index is 0.357. The number of nitrogens with one attached hydrogen (secondary N) is 2. The highest BCUT2D eigenvalue weighted by molar-refractivity contribution is 6.52. The highest BCUT2D eigenvalue weighted by atomic mass is 15.3. The molecule has 1 heterocycles. The van der Waals surface area contributed by atoms with Crippen LogP contribution < -0.4 is 5.43 Å². The van der Waals surface area contributed by atoms with Gasteiger partial charge in [-0.2, -0.15) is 5.10 Å². The van der Waals surface area contributed by atoms with Gasteiger partial charge >= 0.3 is 0 Å². The van der Waals surface area contributed by atoms with E-state index in [0.29, 0.717) is 11.4 Å². The molecule has 45 heavy (non-hydrogen) atoms. The van der Waals surface area contributed by atoms with E-state index in [9.17, 15) is 0 Å². The van der Waals surface area contributed by atoms with Crippen LogP contribution in [0.4, 0.5) is 5.69 Å². The minimum atomic E-state index is 0.357. The second kappa shape index (κ2) is 11.2. The number of hydrogen-bond donors (Lipinski definition) is 2. The first kappa shape index (κ1) is 26.5. The van der Waals surface area contributed by atoms with Crippen LogP contribution in [0.2, 0.25) is 0 Å². The van der Waals surface area contributed by atoms with E-state index in [4.69, 9.17) is 10.5 Å². The molecule has 0 aliphatic heterocycles. The highest BCUT2D eigenvalue weighted by Crippen LogP contribution is 2.43. The van der Waals surface area contributed by atoms with E-state index >= 15 is 0 Å². The van der Waals surface area contributed by atoms with Gasteiger partial charge in [-0.25, -0.2) is 0 Å². The number of nitrogens with zero attached hydrogens (tertiary/aromatic N) is 2. The van der Waals surface area contributed by atoms with Crippen LogP contribution in [-0.4, -0.2) is 16.4 Å². The Kier molecular flexibility index (Phi) is 6.58. The number of pyridine rings is 1. The Labute approximate surface area is 261 Å². The lowest BCUT2D eigenvalue weighted by Gasteiger charge is -2.20. The average molecular weight is 577 g/mol. The molecule has 0 saturated carbocycles. The molecule has 0 radical (unpaired) electrons.